The van der Waals surface area contributed by atoms with Gasteiger partial charge in [0.15, 0.2) is 0 Å². The molecule has 3 aromatic rings. The van der Waals surface area contributed by atoms with Crippen molar-refractivity contribution in [1.29, 1.82) is 0 Å². The van der Waals surface area contributed by atoms with E-state index in [4.69, 9.17) is 0 Å². The van der Waals surface area contributed by atoms with Crippen molar-refractivity contribution in [2.75, 3.05) is 17.7 Å². The summed E-state index contributed by atoms with van der Waals surface area (Å²) in [6, 6.07) is 19.3. The standard InChI is InChI=1S/C19H17N3O/c1-20-17-8-5-9-18(11-17)22-19(23)16-10-15(12-21-13-16)14-6-3-2-4-7-14/h2-13,20H,1H3,(H,22,23). The molecule has 3 rings (SSSR count). The molecule has 23 heavy (non-hydrogen) atoms. The zero-order chi connectivity index (χ0) is 16.1. The summed E-state index contributed by atoms with van der Waals surface area (Å²) in [5.41, 5.74) is 4.17. The summed E-state index contributed by atoms with van der Waals surface area (Å²) in [5.74, 6) is -0.177. The first kappa shape index (κ1) is 14.8. The summed E-state index contributed by atoms with van der Waals surface area (Å²) in [4.78, 5) is 16.6. The molecule has 0 fully saturated rings. The third-order valence-corrected chi connectivity index (χ3v) is 3.52. The highest BCUT2D eigenvalue weighted by Gasteiger charge is 2.08. The number of nitrogens with zero attached hydrogens (tertiary/aromatic N) is 1. The number of nitrogens with one attached hydrogen (secondary N) is 2. The van der Waals surface area contributed by atoms with Gasteiger partial charge in [-0.2, -0.15) is 0 Å². The van der Waals surface area contributed by atoms with Gasteiger partial charge < -0.3 is 10.6 Å². The Hall–Kier alpha value is -3.14. The summed E-state index contributed by atoms with van der Waals surface area (Å²) >= 11 is 0. The van der Waals surface area contributed by atoms with Crippen LogP contribution in [0.15, 0.2) is 73.1 Å². The summed E-state index contributed by atoms with van der Waals surface area (Å²) in [6.07, 6.45) is 3.33. The first-order chi connectivity index (χ1) is 11.3. The number of pyridine rings is 1. The van der Waals surface area contributed by atoms with E-state index in [9.17, 15) is 4.79 Å². The fraction of sp³-hybridized carbons (Fsp3) is 0.0526. The van der Waals surface area contributed by atoms with Crippen LogP contribution in [0.1, 0.15) is 10.4 Å². The van der Waals surface area contributed by atoms with E-state index in [1.165, 1.54) is 0 Å². The molecule has 4 nitrogen and oxygen atoms in total. The Bertz CT molecular complexity index is 816. The summed E-state index contributed by atoms with van der Waals surface area (Å²) in [6.45, 7) is 0. The zero-order valence-electron chi connectivity index (χ0n) is 12.8. The molecule has 114 valence electrons. The number of hydrogen-bond donors (Lipinski definition) is 2. The van der Waals surface area contributed by atoms with Crippen LogP contribution in [0.3, 0.4) is 0 Å². The summed E-state index contributed by atoms with van der Waals surface area (Å²) in [5, 5.41) is 5.94. The molecule has 1 aromatic heterocycles. The highest BCUT2D eigenvalue weighted by Crippen LogP contribution is 2.20. The predicted molar refractivity (Wildman–Crippen MR) is 93.6 cm³/mol. The Kier molecular flexibility index (Phi) is 4.34. The molecule has 4 heteroatoms. The molecule has 0 saturated carbocycles. The Balaban J connectivity index is 1.82. The van der Waals surface area contributed by atoms with E-state index in [-0.39, 0.29) is 5.91 Å². The van der Waals surface area contributed by atoms with Crippen molar-refractivity contribution in [1.82, 2.24) is 4.98 Å². The van der Waals surface area contributed by atoms with Crippen molar-refractivity contribution in [3.8, 4) is 11.1 Å². The van der Waals surface area contributed by atoms with Gasteiger partial charge in [0, 0.05) is 36.4 Å². The number of anilines is 2. The SMILES string of the molecule is CNc1cccc(NC(=O)c2cncc(-c3ccccc3)c2)c1. The molecular formula is C19H17N3O. The molecule has 2 aromatic carbocycles. The number of carbonyl (C=O) groups is 1. The minimum Gasteiger partial charge on any atom is -0.388 e. The van der Waals surface area contributed by atoms with Crippen LogP contribution in [0.25, 0.3) is 11.1 Å². The molecule has 1 amide bonds. The van der Waals surface area contributed by atoms with Gasteiger partial charge in [-0.05, 0) is 29.8 Å². The van der Waals surface area contributed by atoms with E-state index in [1.807, 2.05) is 67.7 Å². The van der Waals surface area contributed by atoms with Crippen molar-refractivity contribution in [3.05, 3.63) is 78.6 Å². The topological polar surface area (TPSA) is 54.0 Å². The fourth-order valence-electron chi connectivity index (χ4n) is 2.31. The average Bonchev–Trinajstić information content (AvgIpc) is 2.63. The second kappa shape index (κ2) is 6.75. The van der Waals surface area contributed by atoms with E-state index in [0.29, 0.717) is 5.56 Å². The highest BCUT2D eigenvalue weighted by molar-refractivity contribution is 6.04. The molecule has 0 aliphatic heterocycles. The van der Waals surface area contributed by atoms with Gasteiger partial charge in [0.25, 0.3) is 5.91 Å². The Morgan fingerprint density at radius 2 is 1.65 bits per heavy atom. The minimum absolute atomic E-state index is 0.177. The van der Waals surface area contributed by atoms with E-state index < -0.39 is 0 Å². The fourth-order valence-corrected chi connectivity index (χ4v) is 2.31. The molecule has 0 unspecified atom stereocenters. The molecule has 0 spiro atoms. The van der Waals surface area contributed by atoms with Crippen LogP contribution >= 0.6 is 0 Å². The number of hydrogen-bond acceptors (Lipinski definition) is 3. The molecule has 1 heterocycles. The van der Waals surface area contributed by atoms with Crippen LogP contribution in [0.2, 0.25) is 0 Å². The van der Waals surface area contributed by atoms with E-state index >= 15 is 0 Å². The number of aromatic nitrogens is 1. The van der Waals surface area contributed by atoms with Gasteiger partial charge in [0.05, 0.1) is 5.56 Å². The first-order valence-electron chi connectivity index (χ1n) is 7.36. The minimum atomic E-state index is -0.177. The quantitative estimate of drug-likeness (QED) is 0.764. The number of amides is 1. The molecule has 2 N–H and O–H groups in total. The Labute approximate surface area is 135 Å². The van der Waals surface area contributed by atoms with Crippen LogP contribution in [0.4, 0.5) is 11.4 Å². The first-order valence-corrected chi connectivity index (χ1v) is 7.36. The number of benzene rings is 2. The van der Waals surface area contributed by atoms with Gasteiger partial charge in [0.1, 0.15) is 0 Å². The molecule has 0 radical (unpaired) electrons. The monoisotopic (exact) mass is 303 g/mol. The predicted octanol–water partition coefficient (Wildman–Crippen LogP) is 4.04. The molecule has 0 atom stereocenters. The van der Waals surface area contributed by atoms with Gasteiger partial charge in [-0.25, -0.2) is 0 Å². The lowest BCUT2D eigenvalue weighted by Crippen LogP contribution is -2.12. The van der Waals surface area contributed by atoms with E-state index in [2.05, 4.69) is 15.6 Å². The maximum Gasteiger partial charge on any atom is 0.257 e. The van der Waals surface area contributed by atoms with E-state index in [0.717, 1.165) is 22.5 Å². The maximum absolute atomic E-state index is 12.4. The summed E-state index contributed by atoms with van der Waals surface area (Å²) < 4.78 is 0. The molecular weight excluding hydrogens is 286 g/mol. The van der Waals surface area contributed by atoms with Crippen molar-refractivity contribution < 1.29 is 4.79 Å². The third-order valence-electron chi connectivity index (χ3n) is 3.52. The van der Waals surface area contributed by atoms with Crippen molar-refractivity contribution in [3.63, 3.8) is 0 Å². The normalized spacial score (nSPS) is 10.1. The molecule has 0 bridgehead atoms. The Morgan fingerprint density at radius 3 is 2.43 bits per heavy atom. The lowest BCUT2D eigenvalue weighted by atomic mass is 10.1. The van der Waals surface area contributed by atoms with Crippen LogP contribution in [-0.4, -0.2) is 17.9 Å². The zero-order valence-corrected chi connectivity index (χ0v) is 12.8. The second-order valence-electron chi connectivity index (χ2n) is 5.11. The van der Waals surface area contributed by atoms with Gasteiger partial charge >= 0.3 is 0 Å². The van der Waals surface area contributed by atoms with Crippen LogP contribution in [0.5, 0.6) is 0 Å². The maximum atomic E-state index is 12.4. The third kappa shape index (κ3) is 3.55. The number of rotatable bonds is 4. The van der Waals surface area contributed by atoms with Crippen LogP contribution in [-0.2, 0) is 0 Å². The molecule has 0 aliphatic rings. The van der Waals surface area contributed by atoms with Gasteiger partial charge in [0.2, 0.25) is 0 Å². The Morgan fingerprint density at radius 1 is 0.870 bits per heavy atom. The van der Waals surface area contributed by atoms with Gasteiger partial charge in [-0.1, -0.05) is 36.4 Å². The van der Waals surface area contributed by atoms with Crippen LogP contribution in [0, 0.1) is 0 Å². The largest absolute Gasteiger partial charge is 0.388 e. The highest BCUT2D eigenvalue weighted by atomic mass is 16.1. The van der Waals surface area contributed by atoms with E-state index in [1.54, 1.807) is 12.4 Å². The average molecular weight is 303 g/mol. The van der Waals surface area contributed by atoms with Crippen LogP contribution < -0.4 is 10.6 Å². The number of carbonyl (C=O) groups excluding carboxylic acids is 1. The summed E-state index contributed by atoms with van der Waals surface area (Å²) in [7, 11) is 1.84. The molecule has 0 aliphatic carbocycles. The lowest BCUT2D eigenvalue weighted by Gasteiger charge is -2.08. The lowest BCUT2D eigenvalue weighted by molar-refractivity contribution is 0.102. The van der Waals surface area contributed by atoms with Crippen molar-refractivity contribution in [2.24, 2.45) is 0 Å². The van der Waals surface area contributed by atoms with Crippen molar-refractivity contribution >= 4 is 17.3 Å². The molecule has 0 saturated heterocycles. The van der Waals surface area contributed by atoms with Gasteiger partial charge in [-0.15, -0.1) is 0 Å². The van der Waals surface area contributed by atoms with Crippen molar-refractivity contribution in [2.45, 2.75) is 0 Å². The second-order valence-corrected chi connectivity index (χ2v) is 5.11. The smallest absolute Gasteiger partial charge is 0.257 e. The van der Waals surface area contributed by atoms with Gasteiger partial charge in [-0.3, -0.25) is 9.78 Å².